The molecule has 2 heterocycles. The van der Waals surface area contributed by atoms with Crippen molar-refractivity contribution in [3.05, 3.63) is 36.0 Å². The molecule has 2 saturated heterocycles. The minimum atomic E-state index is -0.731. The average molecular weight is 617 g/mol. The van der Waals surface area contributed by atoms with Gasteiger partial charge in [-0.05, 0) is 80.8 Å². The number of carbonyl (C=O) groups is 2. The number of rotatable bonds is 7. The number of aliphatic hydroxyl groups is 1. The van der Waals surface area contributed by atoms with Gasteiger partial charge in [-0.25, -0.2) is 0 Å². The highest BCUT2D eigenvalue weighted by Gasteiger charge is 2.52. The van der Waals surface area contributed by atoms with E-state index in [9.17, 15) is 14.7 Å². The molecular formula is C35H52O9. The van der Waals surface area contributed by atoms with E-state index in [1.54, 1.807) is 21.3 Å². The Morgan fingerprint density at radius 3 is 2.43 bits per heavy atom. The lowest BCUT2D eigenvalue weighted by Crippen LogP contribution is -2.59. The molecule has 0 spiro atoms. The summed E-state index contributed by atoms with van der Waals surface area (Å²) in [5.41, 5.74) is 0.678. The number of fused-ring (bicyclic) bond motifs is 5. The Morgan fingerprint density at radius 1 is 0.977 bits per heavy atom. The van der Waals surface area contributed by atoms with Crippen LogP contribution in [0.4, 0.5) is 0 Å². The topological polar surface area (TPSA) is 110 Å². The summed E-state index contributed by atoms with van der Waals surface area (Å²) in [5.74, 6) is -0.420. The van der Waals surface area contributed by atoms with E-state index in [1.165, 1.54) is 0 Å². The van der Waals surface area contributed by atoms with Crippen LogP contribution in [0.15, 0.2) is 36.0 Å². The van der Waals surface area contributed by atoms with E-state index in [-0.39, 0.29) is 72.4 Å². The molecule has 5 rings (SSSR count). The average Bonchev–Trinajstić information content (AvgIpc) is 3.58. The normalized spacial score (nSPS) is 44.8. The van der Waals surface area contributed by atoms with Gasteiger partial charge in [0.2, 0.25) is 0 Å². The lowest BCUT2D eigenvalue weighted by molar-refractivity contribution is -0.314. The van der Waals surface area contributed by atoms with Gasteiger partial charge in [-0.3, -0.25) is 9.59 Å². The number of ketones is 1. The maximum absolute atomic E-state index is 13.8. The van der Waals surface area contributed by atoms with Crippen LogP contribution in [0.2, 0.25) is 0 Å². The molecule has 0 unspecified atom stereocenters. The zero-order valence-corrected chi connectivity index (χ0v) is 27.1. The monoisotopic (exact) mass is 616 g/mol. The molecule has 0 aromatic rings. The van der Waals surface area contributed by atoms with E-state index in [0.717, 1.165) is 19.3 Å². The maximum atomic E-state index is 13.8. The van der Waals surface area contributed by atoms with Gasteiger partial charge in [-0.2, -0.15) is 0 Å². The van der Waals surface area contributed by atoms with Gasteiger partial charge in [0, 0.05) is 33.2 Å². The van der Waals surface area contributed by atoms with Crippen molar-refractivity contribution in [1.82, 2.24) is 0 Å². The number of allylic oxidation sites excluding steroid dienone is 5. The van der Waals surface area contributed by atoms with Crippen molar-refractivity contribution in [1.29, 1.82) is 0 Å². The first-order chi connectivity index (χ1) is 21.2. The predicted octanol–water partition coefficient (Wildman–Crippen LogP) is 4.56. The smallest absolute Gasteiger partial charge is 0.307 e. The number of cyclic esters (lactones) is 1. The van der Waals surface area contributed by atoms with Crippen LogP contribution in [0.25, 0.3) is 0 Å². The summed E-state index contributed by atoms with van der Waals surface area (Å²) in [6.45, 7) is 5.83. The Kier molecular flexibility index (Phi) is 11.2. The first kappa shape index (κ1) is 33.5. The predicted molar refractivity (Wildman–Crippen MR) is 163 cm³/mol. The van der Waals surface area contributed by atoms with Crippen molar-refractivity contribution < 1.29 is 43.1 Å². The molecule has 3 aliphatic carbocycles. The van der Waals surface area contributed by atoms with Gasteiger partial charge < -0.3 is 33.5 Å². The molecule has 1 N–H and O–H groups in total. The van der Waals surface area contributed by atoms with Crippen LogP contribution >= 0.6 is 0 Å². The Bertz CT molecular complexity index is 1100. The van der Waals surface area contributed by atoms with E-state index < -0.39 is 24.4 Å². The Balaban J connectivity index is 1.34. The maximum Gasteiger partial charge on any atom is 0.307 e. The van der Waals surface area contributed by atoms with Crippen LogP contribution in [0.1, 0.15) is 65.7 Å². The number of ether oxygens (including phenoxy) is 6. The van der Waals surface area contributed by atoms with Gasteiger partial charge in [0.25, 0.3) is 0 Å². The standard InChI is InChI=1S/C35H52O9/c1-7-8-10-22-11-9-12-29(36)19(2)31(38)28-17-26-24(27(28)18-30(37)43-22)14-13-21-15-23(16-25(21)26)44-35-34(41-6)33(40-5)32(39-4)20(3)42-35/h8,10,13-14,17,19-27,29,32-36H,7,9,11-12,15-16,18H2,1-6H3/b10-8+/t19-,20+,21-,22+,23-,24-,25-,26-,27+,29+,32+,33-,34-,35+/m1/s1. The molecular weight excluding hydrogens is 564 g/mol. The number of aliphatic hydroxyl groups excluding tert-OH is 1. The third-order valence-corrected chi connectivity index (χ3v) is 10.8. The van der Waals surface area contributed by atoms with Crippen molar-refractivity contribution in [2.24, 2.45) is 35.5 Å². The lowest BCUT2D eigenvalue weighted by atomic mass is 9.70. The zero-order valence-electron chi connectivity index (χ0n) is 27.1. The summed E-state index contributed by atoms with van der Waals surface area (Å²) in [6, 6.07) is 0. The molecule has 44 heavy (non-hydrogen) atoms. The Morgan fingerprint density at radius 2 is 1.73 bits per heavy atom. The highest BCUT2D eigenvalue weighted by atomic mass is 16.7. The fourth-order valence-corrected chi connectivity index (χ4v) is 8.41. The number of hydrogen-bond acceptors (Lipinski definition) is 9. The largest absolute Gasteiger partial charge is 0.458 e. The van der Waals surface area contributed by atoms with Crippen LogP contribution in [-0.2, 0) is 38.0 Å². The third-order valence-electron chi connectivity index (χ3n) is 10.8. The summed E-state index contributed by atoms with van der Waals surface area (Å²) in [4.78, 5) is 27.1. The number of Topliss-reactive ketones (excluding diaryl/α,β-unsaturated/α-hetero) is 1. The quantitative estimate of drug-likeness (QED) is 0.325. The lowest BCUT2D eigenvalue weighted by Gasteiger charge is -2.44. The second-order valence-corrected chi connectivity index (χ2v) is 13.4. The van der Waals surface area contributed by atoms with Crippen molar-refractivity contribution in [2.45, 2.75) is 115 Å². The molecule has 14 atom stereocenters. The van der Waals surface area contributed by atoms with Gasteiger partial charge >= 0.3 is 5.97 Å². The Hall–Kier alpha value is -1.88. The molecule has 0 aromatic heterocycles. The molecule has 0 bridgehead atoms. The molecule has 3 fully saturated rings. The van der Waals surface area contributed by atoms with Gasteiger partial charge in [0.05, 0.1) is 24.7 Å². The second-order valence-electron chi connectivity index (χ2n) is 13.4. The summed E-state index contributed by atoms with van der Waals surface area (Å²) in [7, 11) is 4.93. The van der Waals surface area contributed by atoms with Crippen LogP contribution < -0.4 is 0 Å². The summed E-state index contributed by atoms with van der Waals surface area (Å²) < 4.78 is 36.0. The van der Waals surface area contributed by atoms with Gasteiger partial charge in [0.1, 0.15) is 24.4 Å². The zero-order chi connectivity index (χ0) is 31.5. The molecule has 9 nitrogen and oxygen atoms in total. The number of methoxy groups -OCH3 is 3. The van der Waals surface area contributed by atoms with Crippen molar-refractivity contribution >= 4 is 11.8 Å². The summed E-state index contributed by atoms with van der Waals surface area (Å²) in [5, 5.41) is 11.0. The molecule has 0 radical (unpaired) electrons. The SMILES string of the molecule is CC/C=C/[C@H]1CCC[C@H](O)[C@@H](C)C(=O)C2=C[C@@H]3[C@@H](C=C[C@@H]4C[C@@H](O[C@@H]5O[C@@H](C)[C@H](OC)[C@@H](OC)[C@H]5OC)C[C@@H]34)[C@@H]2CC(=O)O1. The molecule has 2 aliphatic heterocycles. The van der Waals surface area contributed by atoms with Gasteiger partial charge in [-0.15, -0.1) is 0 Å². The minimum Gasteiger partial charge on any atom is -0.458 e. The fraction of sp³-hybridized carbons (Fsp3) is 0.771. The van der Waals surface area contributed by atoms with E-state index in [0.29, 0.717) is 30.8 Å². The van der Waals surface area contributed by atoms with Gasteiger partial charge in [-0.1, -0.05) is 38.2 Å². The van der Waals surface area contributed by atoms with E-state index >= 15 is 0 Å². The molecule has 0 aromatic carbocycles. The third kappa shape index (κ3) is 6.79. The highest BCUT2D eigenvalue weighted by Crippen LogP contribution is 2.54. The fourth-order valence-electron chi connectivity index (χ4n) is 8.41. The van der Waals surface area contributed by atoms with E-state index in [1.807, 2.05) is 32.9 Å². The van der Waals surface area contributed by atoms with Gasteiger partial charge in [0.15, 0.2) is 12.1 Å². The molecule has 246 valence electrons. The summed E-state index contributed by atoms with van der Waals surface area (Å²) >= 11 is 0. The molecule has 5 aliphatic rings. The second kappa shape index (κ2) is 14.7. The van der Waals surface area contributed by atoms with Crippen molar-refractivity contribution in [3.63, 3.8) is 0 Å². The molecule has 1 saturated carbocycles. The first-order valence-electron chi connectivity index (χ1n) is 16.6. The number of hydrogen-bond donors (Lipinski definition) is 1. The Labute approximate surface area is 262 Å². The van der Waals surface area contributed by atoms with Crippen LogP contribution in [0, 0.1) is 35.5 Å². The summed E-state index contributed by atoms with van der Waals surface area (Å²) in [6.07, 6.45) is 12.1. The van der Waals surface area contributed by atoms with E-state index in [4.69, 9.17) is 28.4 Å². The minimum absolute atomic E-state index is 0.0245. The van der Waals surface area contributed by atoms with E-state index in [2.05, 4.69) is 18.2 Å². The molecule has 9 heteroatoms. The van der Waals surface area contributed by atoms with Crippen molar-refractivity contribution in [3.8, 4) is 0 Å². The highest BCUT2D eigenvalue weighted by molar-refractivity contribution is 5.99. The van der Waals surface area contributed by atoms with Crippen LogP contribution in [0.3, 0.4) is 0 Å². The number of carbonyl (C=O) groups excluding carboxylic acids is 2. The van der Waals surface area contributed by atoms with Crippen LogP contribution in [0.5, 0.6) is 0 Å². The molecule has 0 amide bonds. The number of esters is 1. The van der Waals surface area contributed by atoms with Crippen molar-refractivity contribution in [2.75, 3.05) is 21.3 Å². The first-order valence-corrected chi connectivity index (χ1v) is 16.6. The van der Waals surface area contributed by atoms with Crippen LogP contribution in [-0.4, -0.2) is 87.2 Å².